The van der Waals surface area contributed by atoms with E-state index in [1.165, 1.54) is 12.1 Å². The number of hydrogen-bond donors (Lipinski definition) is 3. The third kappa shape index (κ3) is 4.00. The van der Waals surface area contributed by atoms with E-state index in [2.05, 4.69) is 10.6 Å². The summed E-state index contributed by atoms with van der Waals surface area (Å²) in [6, 6.07) is 10.9. The van der Waals surface area contributed by atoms with Crippen molar-refractivity contribution in [3.63, 3.8) is 0 Å². The Morgan fingerprint density at radius 3 is 2.38 bits per heavy atom. The van der Waals surface area contributed by atoms with Gasteiger partial charge in [-0.15, -0.1) is 0 Å². The van der Waals surface area contributed by atoms with Crippen LogP contribution in [-0.4, -0.2) is 11.0 Å². The van der Waals surface area contributed by atoms with Crippen molar-refractivity contribution in [3.05, 3.63) is 59.4 Å². The molecule has 2 amide bonds. The first-order valence-electron chi connectivity index (χ1n) is 6.20. The van der Waals surface area contributed by atoms with Crippen molar-refractivity contribution in [2.75, 3.05) is 10.6 Å². The zero-order valence-electron chi connectivity index (χ0n) is 11.3. The topological polar surface area (TPSA) is 67.2 Å². The molecule has 0 aliphatic heterocycles. The number of halogens is 1. The van der Waals surface area contributed by atoms with Crippen molar-refractivity contribution >= 4 is 34.6 Å². The molecule has 0 fully saturated rings. The monoisotopic (exact) mass is 303 g/mol. The molecule has 0 aliphatic carbocycles. The van der Waals surface area contributed by atoms with Gasteiger partial charge in [0.1, 0.15) is 10.8 Å². The van der Waals surface area contributed by atoms with E-state index >= 15 is 0 Å². The van der Waals surface area contributed by atoms with E-state index in [-0.39, 0.29) is 10.7 Å². The second-order valence-corrected chi connectivity index (χ2v) is 4.94. The molecular formula is C15H14FN3OS. The van der Waals surface area contributed by atoms with Crippen LogP contribution in [-0.2, 0) is 0 Å². The van der Waals surface area contributed by atoms with E-state index in [9.17, 15) is 9.18 Å². The largest absolute Gasteiger partial charge is 0.389 e. The zero-order valence-corrected chi connectivity index (χ0v) is 12.1. The molecule has 0 radical (unpaired) electrons. The van der Waals surface area contributed by atoms with Crippen LogP contribution in [0.15, 0.2) is 42.5 Å². The van der Waals surface area contributed by atoms with Crippen LogP contribution in [0.1, 0.15) is 11.1 Å². The molecule has 4 nitrogen and oxygen atoms in total. The number of hydrogen-bond acceptors (Lipinski definition) is 2. The van der Waals surface area contributed by atoms with Gasteiger partial charge in [-0.2, -0.15) is 0 Å². The van der Waals surface area contributed by atoms with Gasteiger partial charge in [-0.05, 0) is 37.3 Å². The maximum atomic E-state index is 13.8. The van der Waals surface area contributed by atoms with E-state index < -0.39 is 11.8 Å². The van der Waals surface area contributed by atoms with Crippen LogP contribution in [0.3, 0.4) is 0 Å². The molecule has 0 saturated heterocycles. The summed E-state index contributed by atoms with van der Waals surface area (Å²) >= 11 is 4.76. The Labute approximate surface area is 127 Å². The fourth-order valence-electron chi connectivity index (χ4n) is 1.69. The average molecular weight is 303 g/mol. The van der Waals surface area contributed by atoms with Crippen LogP contribution in [0.5, 0.6) is 0 Å². The molecule has 6 heteroatoms. The van der Waals surface area contributed by atoms with Crippen molar-refractivity contribution in [2.24, 2.45) is 5.73 Å². The van der Waals surface area contributed by atoms with Crippen LogP contribution in [0.2, 0.25) is 0 Å². The minimum absolute atomic E-state index is 0.0552. The van der Waals surface area contributed by atoms with Gasteiger partial charge >= 0.3 is 6.03 Å². The summed E-state index contributed by atoms with van der Waals surface area (Å²) in [6.07, 6.45) is 0. The number of anilines is 2. The average Bonchev–Trinajstić information content (AvgIpc) is 2.43. The van der Waals surface area contributed by atoms with Gasteiger partial charge in [-0.3, -0.25) is 0 Å². The first-order chi connectivity index (χ1) is 9.95. The highest BCUT2D eigenvalue weighted by Gasteiger charge is 2.09. The summed E-state index contributed by atoms with van der Waals surface area (Å²) in [7, 11) is 0. The van der Waals surface area contributed by atoms with Gasteiger partial charge in [0, 0.05) is 11.3 Å². The van der Waals surface area contributed by atoms with E-state index in [1.807, 2.05) is 19.1 Å². The number of thiocarbonyl (C=S) groups is 1. The Hall–Kier alpha value is -2.47. The van der Waals surface area contributed by atoms with Crippen molar-refractivity contribution in [3.8, 4) is 0 Å². The second kappa shape index (κ2) is 6.32. The maximum Gasteiger partial charge on any atom is 0.323 e. The molecule has 0 aromatic heterocycles. The second-order valence-electron chi connectivity index (χ2n) is 4.50. The molecule has 2 aromatic carbocycles. The summed E-state index contributed by atoms with van der Waals surface area (Å²) in [5.74, 6) is -0.598. The molecule has 0 unspecified atom stereocenters. The van der Waals surface area contributed by atoms with Gasteiger partial charge in [0.15, 0.2) is 0 Å². The number of nitrogens with two attached hydrogens (primary N) is 1. The molecule has 2 rings (SSSR count). The normalized spacial score (nSPS) is 10.0. The summed E-state index contributed by atoms with van der Waals surface area (Å²) in [6.45, 7) is 1.95. The highest BCUT2D eigenvalue weighted by atomic mass is 32.1. The highest BCUT2D eigenvalue weighted by molar-refractivity contribution is 7.80. The predicted octanol–water partition coefficient (Wildman–Crippen LogP) is 3.41. The minimum atomic E-state index is -0.598. The smallest absolute Gasteiger partial charge is 0.323 e. The summed E-state index contributed by atoms with van der Waals surface area (Å²) in [5, 5.41) is 5.05. The number of benzene rings is 2. The van der Waals surface area contributed by atoms with E-state index in [0.717, 1.165) is 5.56 Å². The first-order valence-corrected chi connectivity index (χ1v) is 6.60. The standard InChI is InChI=1S/C15H14FN3OS/c1-9-2-5-11(6-3-9)18-15(20)19-13-7-4-10(14(17)21)8-12(13)16/h2-8H,1H3,(H2,17,21)(H2,18,19,20). The van der Waals surface area contributed by atoms with Crippen LogP contribution in [0.4, 0.5) is 20.6 Å². The summed E-state index contributed by atoms with van der Waals surface area (Å²) < 4.78 is 13.8. The summed E-state index contributed by atoms with van der Waals surface area (Å²) in [5.41, 5.74) is 7.58. The van der Waals surface area contributed by atoms with Crippen LogP contribution >= 0.6 is 12.2 Å². The van der Waals surface area contributed by atoms with Gasteiger partial charge in [-0.25, -0.2) is 9.18 Å². The van der Waals surface area contributed by atoms with Crippen molar-refractivity contribution in [1.29, 1.82) is 0 Å². The van der Waals surface area contributed by atoms with Gasteiger partial charge in [0.25, 0.3) is 0 Å². The predicted molar refractivity (Wildman–Crippen MR) is 86.1 cm³/mol. The molecule has 0 spiro atoms. The fraction of sp³-hybridized carbons (Fsp3) is 0.0667. The highest BCUT2D eigenvalue weighted by Crippen LogP contribution is 2.16. The number of urea groups is 1. The Bertz CT molecular complexity index is 686. The van der Waals surface area contributed by atoms with Crippen molar-refractivity contribution in [1.82, 2.24) is 0 Å². The Kier molecular flexibility index (Phi) is 4.49. The molecule has 0 atom stereocenters. The minimum Gasteiger partial charge on any atom is -0.389 e. The number of carbonyl (C=O) groups excluding carboxylic acids is 1. The third-order valence-corrected chi connectivity index (χ3v) is 3.05. The zero-order chi connectivity index (χ0) is 15.4. The lowest BCUT2D eigenvalue weighted by Gasteiger charge is -2.09. The Morgan fingerprint density at radius 2 is 1.81 bits per heavy atom. The lowest BCUT2D eigenvalue weighted by molar-refractivity contribution is 0.262. The quantitative estimate of drug-likeness (QED) is 0.761. The van der Waals surface area contributed by atoms with E-state index in [1.54, 1.807) is 18.2 Å². The number of nitrogens with one attached hydrogen (secondary N) is 2. The Morgan fingerprint density at radius 1 is 1.14 bits per heavy atom. The number of amides is 2. The van der Waals surface area contributed by atoms with Crippen molar-refractivity contribution in [2.45, 2.75) is 6.92 Å². The fourth-order valence-corrected chi connectivity index (χ4v) is 1.82. The van der Waals surface area contributed by atoms with Gasteiger partial charge in [0.2, 0.25) is 0 Å². The van der Waals surface area contributed by atoms with Crippen LogP contribution < -0.4 is 16.4 Å². The molecule has 0 saturated carbocycles. The van der Waals surface area contributed by atoms with Gasteiger partial charge in [0.05, 0.1) is 5.69 Å². The van der Waals surface area contributed by atoms with Crippen LogP contribution in [0, 0.1) is 12.7 Å². The molecule has 21 heavy (non-hydrogen) atoms. The van der Waals surface area contributed by atoms with Gasteiger partial charge < -0.3 is 16.4 Å². The lowest BCUT2D eigenvalue weighted by Crippen LogP contribution is -2.20. The van der Waals surface area contributed by atoms with Gasteiger partial charge in [-0.1, -0.05) is 29.9 Å². The molecule has 2 aromatic rings. The molecular weight excluding hydrogens is 289 g/mol. The van der Waals surface area contributed by atoms with Crippen LogP contribution in [0.25, 0.3) is 0 Å². The molecule has 0 heterocycles. The SMILES string of the molecule is Cc1ccc(NC(=O)Nc2ccc(C(N)=S)cc2F)cc1. The third-order valence-electron chi connectivity index (χ3n) is 2.81. The molecule has 108 valence electrons. The molecule has 0 aliphatic rings. The molecule has 0 bridgehead atoms. The lowest BCUT2D eigenvalue weighted by atomic mass is 10.2. The van der Waals surface area contributed by atoms with Crippen molar-refractivity contribution < 1.29 is 9.18 Å². The maximum absolute atomic E-state index is 13.8. The van der Waals surface area contributed by atoms with E-state index in [0.29, 0.717) is 11.3 Å². The van der Waals surface area contributed by atoms with E-state index in [4.69, 9.17) is 18.0 Å². The molecule has 4 N–H and O–H groups in total. The first kappa shape index (κ1) is 14.9. The Balaban J connectivity index is 2.06. The number of carbonyl (C=O) groups is 1. The summed E-state index contributed by atoms with van der Waals surface area (Å²) in [4.78, 5) is 11.9. The number of rotatable bonds is 3. The number of aryl methyl sites for hydroxylation is 1.